The zero-order chi connectivity index (χ0) is 27.9. The molecule has 0 bridgehead atoms. The third kappa shape index (κ3) is 14.5. The molecule has 0 heterocycles. The summed E-state index contributed by atoms with van der Waals surface area (Å²) in [6.07, 6.45) is 12.3. The lowest BCUT2D eigenvalue weighted by Gasteiger charge is -2.37. The molecule has 0 aromatic heterocycles. The standard InChI is InChI=1S/C27H53NO7S/c1-8-9-10-11-12-13-14-15-16-17-21-34-24(29)26(2,3)27(4,5)25(30)35-22-20-28(6,7)19-18-23-36(31,32)33/h8-23H2,1-7H3. The van der Waals surface area contributed by atoms with Crippen molar-refractivity contribution in [3.63, 3.8) is 0 Å². The first-order chi connectivity index (χ1) is 16.6. The minimum Gasteiger partial charge on any atom is -0.748 e. The molecule has 0 aromatic carbocycles. The molecule has 0 radical (unpaired) electrons. The second kappa shape index (κ2) is 16.6. The van der Waals surface area contributed by atoms with Gasteiger partial charge in [0.15, 0.2) is 0 Å². The fourth-order valence-corrected chi connectivity index (χ4v) is 4.27. The number of ether oxygens (including phenoxy) is 2. The molecule has 0 N–H and O–H groups in total. The van der Waals surface area contributed by atoms with E-state index in [0.29, 0.717) is 24.2 Å². The molecule has 0 saturated heterocycles. The smallest absolute Gasteiger partial charge is 0.312 e. The van der Waals surface area contributed by atoms with Crippen molar-refractivity contribution in [2.45, 2.75) is 105 Å². The lowest BCUT2D eigenvalue weighted by Crippen LogP contribution is -2.48. The summed E-state index contributed by atoms with van der Waals surface area (Å²) in [4.78, 5) is 25.7. The van der Waals surface area contributed by atoms with Crippen LogP contribution in [0.15, 0.2) is 0 Å². The summed E-state index contributed by atoms with van der Waals surface area (Å²) in [6.45, 7) is 10.4. The van der Waals surface area contributed by atoms with Crippen molar-refractivity contribution < 1.29 is 36.5 Å². The SMILES string of the molecule is CCCCCCCCCCCCOC(=O)C(C)(C)C(C)(C)C(=O)OCC[N+](C)(C)CCCS(=O)(=O)[O-]. The van der Waals surface area contributed by atoms with E-state index in [1.54, 1.807) is 27.7 Å². The predicted octanol–water partition coefficient (Wildman–Crippen LogP) is 5.06. The number of hydrogen-bond donors (Lipinski definition) is 0. The van der Waals surface area contributed by atoms with Gasteiger partial charge in [0.25, 0.3) is 0 Å². The average molecular weight is 536 g/mol. The maximum Gasteiger partial charge on any atom is 0.312 e. The van der Waals surface area contributed by atoms with Gasteiger partial charge in [-0.05, 0) is 34.1 Å². The highest BCUT2D eigenvalue weighted by atomic mass is 32.2. The van der Waals surface area contributed by atoms with Crippen LogP contribution in [0.3, 0.4) is 0 Å². The Morgan fingerprint density at radius 2 is 1.11 bits per heavy atom. The van der Waals surface area contributed by atoms with E-state index in [2.05, 4.69) is 6.92 Å². The summed E-state index contributed by atoms with van der Waals surface area (Å²) < 4.78 is 43.8. The van der Waals surface area contributed by atoms with Crippen LogP contribution < -0.4 is 0 Å². The number of carbonyl (C=O) groups excluding carboxylic acids is 2. The lowest BCUT2D eigenvalue weighted by atomic mass is 9.68. The Bertz CT molecular complexity index is 745. The maximum atomic E-state index is 12.8. The van der Waals surface area contributed by atoms with E-state index in [0.717, 1.165) is 19.3 Å². The van der Waals surface area contributed by atoms with Crippen LogP contribution in [0.5, 0.6) is 0 Å². The number of esters is 2. The van der Waals surface area contributed by atoms with Crippen LogP contribution in [0.4, 0.5) is 0 Å². The molecule has 0 fully saturated rings. The zero-order valence-electron chi connectivity index (χ0n) is 24.0. The lowest BCUT2D eigenvalue weighted by molar-refractivity contribution is -0.890. The number of nitrogens with zero attached hydrogens (tertiary/aromatic N) is 1. The van der Waals surface area contributed by atoms with E-state index in [1.807, 2.05) is 14.1 Å². The molecule has 0 rings (SSSR count). The van der Waals surface area contributed by atoms with Crippen molar-refractivity contribution in [3.05, 3.63) is 0 Å². The number of likely N-dealkylation sites (N-methyl/N-ethyl adjacent to an activating group) is 1. The maximum absolute atomic E-state index is 12.8. The number of quaternary nitrogens is 1. The highest BCUT2D eigenvalue weighted by molar-refractivity contribution is 7.85. The van der Waals surface area contributed by atoms with Gasteiger partial charge in [0.05, 0.1) is 48.2 Å². The van der Waals surface area contributed by atoms with Crippen LogP contribution in [0, 0.1) is 10.8 Å². The fourth-order valence-electron chi connectivity index (χ4n) is 3.79. The summed E-state index contributed by atoms with van der Waals surface area (Å²) in [5.74, 6) is -1.29. The Morgan fingerprint density at radius 3 is 1.56 bits per heavy atom. The number of unbranched alkanes of at least 4 members (excludes halogenated alkanes) is 9. The van der Waals surface area contributed by atoms with Gasteiger partial charge in [-0.3, -0.25) is 9.59 Å². The van der Waals surface area contributed by atoms with Crippen LogP contribution in [0.25, 0.3) is 0 Å². The van der Waals surface area contributed by atoms with Crippen molar-refractivity contribution in [1.29, 1.82) is 0 Å². The monoisotopic (exact) mass is 535 g/mol. The van der Waals surface area contributed by atoms with E-state index in [-0.39, 0.29) is 13.0 Å². The summed E-state index contributed by atoms with van der Waals surface area (Å²) in [6, 6.07) is 0. The summed E-state index contributed by atoms with van der Waals surface area (Å²) in [7, 11) is -0.471. The Balaban J connectivity index is 4.35. The first-order valence-electron chi connectivity index (χ1n) is 13.7. The third-order valence-corrected chi connectivity index (χ3v) is 8.19. The first kappa shape index (κ1) is 34.8. The second-order valence-electron chi connectivity index (χ2n) is 11.7. The van der Waals surface area contributed by atoms with Crippen molar-refractivity contribution in [3.8, 4) is 0 Å². The van der Waals surface area contributed by atoms with Gasteiger partial charge in [0, 0.05) is 12.2 Å². The van der Waals surface area contributed by atoms with Crippen LogP contribution in [-0.2, 0) is 29.2 Å². The third-order valence-electron chi connectivity index (χ3n) is 7.40. The molecule has 36 heavy (non-hydrogen) atoms. The Kier molecular flexibility index (Phi) is 16.1. The second-order valence-corrected chi connectivity index (χ2v) is 13.2. The van der Waals surface area contributed by atoms with Crippen LogP contribution in [0.2, 0.25) is 0 Å². The minimum atomic E-state index is -4.23. The highest BCUT2D eigenvalue weighted by Gasteiger charge is 2.50. The first-order valence-corrected chi connectivity index (χ1v) is 15.2. The van der Waals surface area contributed by atoms with Crippen molar-refractivity contribution in [2.24, 2.45) is 10.8 Å². The van der Waals surface area contributed by atoms with Gasteiger partial charge in [-0.1, -0.05) is 64.7 Å². The molecule has 0 unspecified atom stereocenters. The molecule has 0 spiro atoms. The van der Waals surface area contributed by atoms with Gasteiger partial charge in [0.1, 0.15) is 13.2 Å². The van der Waals surface area contributed by atoms with Crippen LogP contribution in [0.1, 0.15) is 105 Å². The molecule has 0 amide bonds. The molecule has 8 nitrogen and oxygen atoms in total. The van der Waals surface area contributed by atoms with E-state index >= 15 is 0 Å². The molecule has 0 aliphatic carbocycles. The quantitative estimate of drug-likeness (QED) is 0.0874. The number of rotatable bonds is 21. The van der Waals surface area contributed by atoms with E-state index in [9.17, 15) is 22.6 Å². The molecule has 0 saturated carbocycles. The van der Waals surface area contributed by atoms with Crippen molar-refractivity contribution in [1.82, 2.24) is 0 Å². The van der Waals surface area contributed by atoms with Gasteiger partial charge in [-0.2, -0.15) is 0 Å². The van der Waals surface area contributed by atoms with E-state index in [1.165, 1.54) is 44.9 Å². The molecule has 0 aromatic rings. The molecular weight excluding hydrogens is 482 g/mol. The van der Waals surface area contributed by atoms with E-state index < -0.39 is 38.6 Å². The topological polar surface area (TPSA) is 110 Å². The van der Waals surface area contributed by atoms with Crippen LogP contribution >= 0.6 is 0 Å². The summed E-state index contributed by atoms with van der Waals surface area (Å²) in [5, 5.41) is 0. The van der Waals surface area contributed by atoms with Gasteiger partial charge in [0.2, 0.25) is 0 Å². The largest absolute Gasteiger partial charge is 0.748 e. The molecule has 0 atom stereocenters. The fraction of sp³-hybridized carbons (Fsp3) is 0.926. The molecule has 0 aliphatic heterocycles. The Labute approximate surface area is 220 Å². The van der Waals surface area contributed by atoms with Gasteiger partial charge < -0.3 is 18.5 Å². The number of hydrogen-bond acceptors (Lipinski definition) is 7. The average Bonchev–Trinajstić information content (AvgIpc) is 2.75. The summed E-state index contributed by atoms with van der Waals surface area (Å²) >= 11 is 0. The number of carbonyl (C=O) groups is 2. The normalized spacial score (nSPS) is 13.0. The van der Waals surface area contributed by atoms with Crippen molar-refractivity contribution >= 4 is 22.1 Å². The van der Waals surface area contributed by atoms with Crippen molar-refractivity contribution in [2.75, 3.05) is 46.2 Å². The summed E-state index contributed by atoms with van der Waals surface area (Å²) in [5.41, 5.74) is -2.15. The molecule has 9 heteroatoms. The molecular formula is C27H53NO7S. The highest BCUT2D eigenvalue weighted by Crippen LogP contribution is 2.40. The predicted molar refractivity (Wildman–Crippen MR) is 142 cm³/mol. The minimum absolute atomic E-state index is 0.128. The van der Waals surface area contributed by atoms with E-state index in [4.69, 9.17) is 9.47 Å². The Hall–Kier alpha value is -1.19. The molecule has 0 aliphatic rings. The zero-order valence-corrected chi connectivity index (χ0v) is 24.8. The van der Waals surface area contributed by atoms with Gasteiger partial charge in [-0.25, -0.2) is 8.42 Å². The Morgan fingerprint density at radius 1 is 0.694 bits per heavy atom. The molecule has 214 valence electrons. The van der Waals surface area contributed by atoms with Crippen LogP contribution in [-0.4, -0.2) is 75.5 Å². The van der Waals surface area contributed by atoms with Gasteiger partial charge in [-0.15, -0.1) is 0 Å². The van der Waals surface area contributed by atoms with Gasteiger partial charge >= 0.3 is 11.9 Å².